The van der Waals surface area contributed by atoms with Crippen LogP contribution in [0.15, 0.2) is 35.4 Å². The first-order valence-corrected chi connectivity index (χ1v) is 7.89. The number of phenols is 1. The standard InChI is InChI=1S/C18H19N3O6/c1-11-5-4-6-12(2)18(11)27-10-16(22)20-19-9-13-7-14(21(24)25)8-15(26-3)17(13)23/h4-9,23H,10H2,1-3H3,(H,20,22)/b19-9+. The van der Waals surface area contributed by atoms with Crippen molar-refractivity contribution in [1.29, 1.82) is 0 Å². The minimum absolute atomic E-state index is 0.0250. The smallest absolute Gasteiger partial charge is 0.277 e. The van der Waals surface area contributed by atoms with Crippen LogP contribution < -0.4 is 14.9 Å². The van der Waals surface area contributed by atoms with Gasteiger partial charge in [-0.1, -0.05) is 18.2 Å². The monoisotopic (exact) mass is 373 g/mol. The number of nitro groups is 1. The zero-order chi connectivity index (χ0) is 20.0. The molecule has 0 aliphatic rings. The van der Waals surface area contributed by atoms with Gasteiger partial charge in [0.2, 0.25) is 0 Å². The zero-order valence-electron chi connectivity index (χ0n) is 15.1. The Balaban J connectivity index is 2.03. The number of nitrogens with zero attached hydrogens (tertiary/aromatic N) is 2. The normalized spacial score (nSPS) is 10.6. The Kier molecular flexibility index (Phi) is 6.32. The molecule has 2 rings (SSSR count). The average molecular weight is 373 g/mol. The van der Waals surface area contributed by atoms with Gasteiger partial charge in [-0.3, -0.25) is 14.9 Å². The number of non-ortho nitro benzene ring substituents is 1. The van der Waals surface area contributed by atoms with Gasteiger partial charge in [-0.2, -0.15) is 5.10 Å². The molecule has 0 atom stereocenters. The van der Waals surface area contributed by atoms with Gasteiger partial charge in [0.1, 0.15) is 5.75 Å². The number of hydrogen-bond acceptors (Lipinski definition) is 7. The summed E-state index contributed by atoms with van der Waals surface area (Å²) in [5, 5.41) is 24.6. The van der Waals surface area contributed by atoms with Crippen LogP contribution in [0.2, 0.25) is 0 Å². The highest BCUT2D eigenvalue weighted by Gasteiger charge is 2.16. The summed E-state index contributed by atoms with van der Waals surface area (Å²) >= 11 is 0. The molecule has 0 saturated heterocycles. The number of nitrogens with one attached hydrogen (secondary N) is 1. The largest absolute Gasteiger partial charge is 0.504 e. The fraction of sp³-hybridized carbons (Fsp3) is 0.222. The number of nitro benzene ring substituents is 1. The van der Waals surface area contributed by atoms with E-state index in [9.17, 15) is 20.0 Å². The van der Waals surface area contributed by atoms with Crippen molar-refractivity contribution in [3.05, 3.63) is 57.1 Å². The van der Waals surface area contributed by atoms with Crippen molar-refractivity contribution in [2.75, 3.05) is 13.7 Å². The highest BCUT2D eigenvalue weighted by molar-refractivity contribution is 5.87. The van der Waals surface area contributed by atoms with E-state index in [1.807, 2.05) is 32.0 Å². The van der Waals surface area contributed by atoms with E-state index in [2.05, 4.69) is 10.5 Å². The Labute approximate surface area is 155 Å². The molecular weight excluding hydrogens is 354 g/mol. The van der Waals surface area contributed by atoms with Crippen molar-refractivity contribution in [3.8, 4) is 17.2 Å². The molecule has 2 aromatic rings. The average Bonchev–Trinajstić information content (AvgIpc) is 2.62. The number of ether oxygens (including phenoxy) is 2. The fourth-order valence-corrected chi connectivity index (χ4v) is 2.34. The van der Waals surface area contributed by atoms with Gasteiger partial charge in [-0.05, 0) is 25.0 Å². The maximum Gasteiger partial charge on any atom is 0.277 e. The number of methoxy groups -OCH3 is 1. The number of hydrogen-bond donors (Lipinski definition) is 2. The third-order valence-electron chi connectivity index (χ3n) is 3.67. The van der Waals surface area contributed by atoms with Gasteiger partial charge in [0.15, 0.2) is 18.1 Å². The second kappa shape index (κ2) is 8.65. The van der Waals surface area contributed by atoms with E-state index in [-0.39, 0.29) is 29.4 Å². The van der Waals surface area contributed by atoms with Gasteiger partial charge in [0, 0.05) is 11.6 Å². The number of carbonyl (C=O) groups is 1. The van der Waals surface area contributed by atoms with Gasteiger partial charge in [-0.15, -0.1) is 0 Å². The van der Waals surface area contributed by atoms with Crippen molar-refractivity contribution in [2.24, 2.45) is 5.10 Å². The summed E-state index contributed by atoms with van der Waals surface area (Å²) in [7, 11) is 1.27. The lowest BCUT2D eigenvalue weighted by atomic mass is 10.1. The molecule has 9 heteroatoms. The number of aromatic hydroxyl groups is 1. The number of rotatable bonds is 7. The molecule has 0 saturated carbocycles. The number of benzene rings is 2. The van der Waals surface area contributed by atoms with Crippen molar-refractivity contribution < 1.29 is 24.3 Å². The van der Waals surface area contributed by atoms with Crippen LogP contribution in [0.4, 0.5) is 5.69 Å². The van der Waals surface area contributed by atoms with Crippen molar-refractivity contribution >= 4 is 17.8 Å². The van der Waals surface area contributed by atoms with E-state index in [0.29, 0.717) is 5.75 Å². The second-order valence-electron chi connectivity index (χ2n) is 5.65. The van der Waals surface area contributed by atoms with E-state index in [1.54, 1.807) is 0 Å². The number of aryl methyl sites for hydroxylation is 2. The van der Waals surface area contributed by atoms with E-state index in [4.69, 9.17) is 9.47 Å². The molecule has 0 fully saturated rings. The predicted molar refractivity (Wildman–Crippen MR) is 98.5 cm³/mol. The van der Waals surface area contributed by atoms with Gasteiger partial charge in [-0.25, -0.2) is 5.43 Å². The van der Waals surface area contributed by atoms with Crippen LogP contribution in [0, 0.1) is 24.0 Å². The Morgan fingerprint density at radius 3 is 2.59 bits per heavy atom. The Morgan fingerprint density at radius 2 is 2.00 bits per heavy atom. The summed E-state index contributed by atoms with van der Waals surface area (Å²) < 4.78 is 10.4. The number of phenolic OH excluding ortho intramolecular Hbond substituents is 1. The topological polar surface area (TPSA) is 123 Å². The molecule has 0 aliphatic carbocycles. The SMILES string of the molecule is COc1cc([N+](=O)[O-])cc(/C=N/NC(=O)COc2c(C)cccc2C)c1O. The van der Waals surface area contributed by atoms with E-state index in [1.165, 1.54) is 7.11 Å². The van der Waals surface area contributed by atoms with Gasteiger partial charge < -0.3 is 14.6 Å². The van der Waals surface area contributed by atoms with Crippen LogP contribution in [0.25, 0.3) is 0 Å². The van der Waals surface area contributed by atoms with Crippen LogP contribution in [0.1, 0.15) is 16.7 Å². The predicted octanol–water partition coefficient (Wildman–Crippen LogP) is 2.45. The molecule has 2 aromatic carbocycles. The van der Waals surface area contributed by atoms with Crippen LogP contribution in [0.3, 0.4) is 0 Å². The Hall–Kier alpha value is -3.62. The van der Waals surface area contributed by atoms with E-state index < -0.39 is 10.8 Å². The molecule has 0 radical (unpaired) electrons. The minimum Gasteiger partial charge on any atom is -0.504 e. The molecular formula is C18H19N3O6. The summed E-state index contributed by atoms with van der Waals surface area (Å²) in [5.74, 6) is -0.299. The van der Waals surface area contributed by atoms with Crippen molar-refractivity contribution in [1.82, 2.24) is 5.43 Å². The summed E-state index contributed by atoms with van der Waals surface area (Å²) in [6.07, 6.45) is 1.09. The van der Waals surface area contributed by atoms with E-state index >= 15 is 0 Å². The van der Waals surface area contributed by atoms with Crippen LogP contribution >= 0.6 is 0 Å². The molecule has 0 spiro atoms. The first-order valence-electron chi connectivity index (χ1n) is 7.89. The van der Waals surface area contributed by atoms with Gasteiger partial charge in [0.25, 0.3) is 11.6 Å². The highest BCUT2D eigenvalue weighted by atomic mass is 16.6. The lowest BCUT2D eigenvalue weighted by molar-refractivity contribution is -0.385. The maximum absolute atomic E-state index is 11.9. The first kappa shape index (κ1) is 19.7. The van der Waals surface area contributed by atoms with Gasteiger partial charge in [0.05, 0.1) is 24.3 Å². The van der Waals surface area contributed by atoms with Crippen LogP contribution in [-0.2, 0) is 4.79 Å². The number of carbonyl (C=O) groups excluding carboxylic acids is 1. The Bertz CT molecular complexity index is 875. The fourth-order valence-electron chi connectivity index (χ4n) is 2.34. The van der Waals surface area contributed by atoms with Gasteiger partial charge >= 0.3 is 0 Å². The molecule has 0 heterocycles. The highest BCUT2D eigenvalue weighted by Crippen LogP contribution is 2.33. The minimum atomic E-state index is -0.629. The molecule has 142 valence electrons. The number of hydrazone groups is 1. The lowest BCUT2D eigenvalue weighted by Gasteiger charge is -2.10. The van der Waals surface area contributed by atoms with Crippen LogP contribution in [-0.4, -0.2) is 35.9 Å². The molecule has 0 bridgehead atoms. The summed E-state index contributed by atoms with van der Waals surface area (Å²) in [6.45, 7) is 3.49. The lowest BCUT2D eigenvalue weighted by Crippen LogP contribution is -2.25. The van der Waals surface area contributed by atoms with Crippen molar-refractivity contribution in [3.63, 3.8) is 0 Å². The summed E-state index contributed by atoms with van der Waals surface area (Å²) in [4.78, 5) is 22.2. The summed E-state index contributed by atoms with van der Waals surface area (Å²) in [5.41, 5.74) is 3.79. The quantitative estimate of drug-likeness (QED) is 0.436. The molecule has 0 unspecified atom stereocenters. The zero-order valence-corrected chi connectivity index (χ0v) is 15.1. The van der Waals surface area contributed by atoms with E-state index in [0.717, 1.165) is 29.5 Å². The molecule has 2 N–H and O–H groups in total. The van der Waals surface area contributed by atoms with Crippen LogP contribution in [0.5, 0.6) is 17.2 Å². The molecule has 9 nitrogen and oxygen atoms in total. The maximum atomic E-state index is 11.9. The first-order chi connectivity index (χ1) is 12.8. The molecule has 1 amide bonds. The number of amides is 1. The number of para-hydroxylation sites is 1. The third kappa shape index (κ3) is 4.94. The third-order valence-corrected chi connectivity index (χ3v) is 3.67. The van der Waals surface area contributed by atoms with Crippen molar-refractivity contribution in [2.45, 2.75) is 13.8 Å². The summed E-state index contributed by atoms with van der Waals surface area (Å²) in [6, 6.07) is 7.83. The molecule has 0 aliphatic heterocycles. The Morgan fingerprint density at radius 1 is 1.33 bits per heavy atom. The second-order valence-corrected chi connectivity index (χ2v) is 5.65. The molecule has 0 aromatic heterocycles. The molecule has 27 heavy (non-hydrogen) atoms.